The minimum absolute atomic E-state index is 0.162. The van der Waals surface area contributed by atoms with E-state index >= 15 is 0 Å². The van der Waals surface area contributed by atoms with E-state index in [1.165, 1.54) is 13.0 Å². The number of pyridine rings is 1. The van der Waals surface area contributed by atoms with Gasteiger partial charge in [0.25, 0.3) is 0 Å². The molecule has 0 bridgehead atoms. The Morgan fingerprint density at radius 1 is 1.00 bits per heavy atom. The molecule has 13 heteroatoms. The van der Waals surface area contributed by atoms with E-state index in [1.54, 1.807) is 46.2 Å². The van der Waals surface area contributed by atoms with Crippen LogP contribution in [-0.4, -0.2) is 65.9 Å². The molecule has 1 saturated heterocycles. The third-order valence-corrected chi connectivity index (χ3v) is 10.3. The first-order valence-electron chi connectivity index (χ1n) is 16.4. The van der Waals surface area contributed by atoms with Gasteiger partial charge in [-0.2, -0.15) is 5.10 Å². The smallest absolute Gasteiger partial charge is 0.248 e. The molecule has 2 aromatic carbocycles. The molecule has 2 N–H and O–H groups in total. The topological polar surface area (TPSA) is 135 Å². The van der Waals surface area contributed by atoms with Gasteiger partial charge >= 0.3 is 0 Å². The molecular formula is C37H36BrFN8O3. The summed E-state index contributed by atoms with van der Waals surface area (Å²) in [6.45, 7) is 7.72. The lowest BCUT2D eigenvalue weighted by atomic mass is 9.98. The number of likely N-dealkylation sites (tertiary alicyclic amines) is 1. The first-order chi connectivity index (χ1) is 23.9. The summed E-state index contributed by atoms with van der Waals surface area (Å²) in [5, 5.41) is 11.6. The predicted molar refractivity (Wildman–Crippen MR) is 190 cm³/mol. The minimum Gasteiger partial charge on any atom is -0.325 e. The molecule has 1 saturated carbocycles. The number of fused-ring (bicyclic) bond motifs is 2. The maximum Gasteiger partial charge on any atom is 0.248 e. The third kappa shape index (κ3) is 6.31. The first kappa shape index (κ1) is 33.6. The average molecular weight is 740 g/mol. The molecule has 1 unspecified atom stereocenters. The number of piperidine rings is 1. The van der Waals surface area contributed by atoms with Crippen molar-refractivity contribution in [2.75, 3.05) is 11.9 Å². The van der Waals surface area contributed by atoms with E-state index in [0.717, 1.165) is 22.3 Å². The highest BCUT2D eigenvalue weighted by molar-refractivity contribution is 9.10. The van der Waals surface area contributed by atoms with Crippen LogP contribution in [0.4, 0.5) is 10.2 Å². The molecule has 50 heavy (non-hydrogen) atoms. The molecule has 3 aromatic heterocycles. The van der Waals surface area contributed by atoms with Crippen molar-refractivity contribution in [3.8, 4) is 11.1 Å². The van der Waals surface area contributed by atoms with Crippen LogP contribution < -0.4 is 10.6 Å². The van der Waals surface area contributed by atoms with Crippen molar-refractivity contribution in [3.05, 3.63) is 99.6 Å². The third-order valence-electron chi connectivity index (χ3n) is 9.83. The maximum absolute atomic E-state index is 14.4. The Bertz CT molecular complexity index is 2170. The van der Waals surface area contributed by atoms with Crippen LogP contribution in [0.5, 0.6) is 0 Å². The number of ketones is 1. The van der Waals surface area contributed by atoms with Gasteiger partial charge in [0.15, 0.2) is 5.78 Å². The quantitative estimate of drug-likeness (QED) is 0.138. The number of nitrogens with zero attached hydrogens (tertiary/aromatic N) is 6. The zero-order chi connectivity index (χ0) is 35.3. The van der Waals surface area contributed by atoms with Gasteiger partial charge in [-0.25, -0.2) is 19.3 Å². The Morgan fingerprint density at radius 2 is 1.76 bits per heavy atom. The molecular weight excluding hydrogens is 703 g/mol. The summed E-state index contributed by atoms with van der Waals surface area (Å²) in [7, 11) is 0. The van der Waals surface area contributed by atoms with Gasteiger partial charge in [0.05, 0.1) is 5.52 Å². The van der Waals surface area contributed by atoms with E-state index < -0.39 is 6.04 Å². The molecule has 0 spiro atoms. The van der Waals surface area contributed by atoms with Crippen molar-refractivity contribution in [1.29, 1.82) is 0 Å². The molecule has 2 aliphatic rings. The second-order valence-electron chi connectivity index (χ2n) is 13.4. The molecule has 2 fully saturated rings. The Hall–Kier alpha value is -4.88. The number of Topliss-reactive ketones (excluding diaryl/α,β-unsaturated/α-hetero) is 1. The van der Waals surface area contributed by atoms with Crippen LogP contribution in [0.25, 0.3) is 22.0 Å². The van der Waals surface area contributed by atoms with E-state index in [1.807, 2.05) is 39.0 Å². The number of benzene rings is 2. The molecule has 3 atom stereocenters. The molecule has 2 amide bonds. The maximum atomic E-state index is 14.4. The number of hydrogen-bond donors (Lipinski definition) is 2. The lowest BCUT2D eigenvalue weighted by Gasteiger charge is -2.27. The van der Waals surface area contributed by atoms with Crippen LogP contribution in [0.3, 0.4) is 0 Å². The number of halogens is 2. The zero-order valence-corrected chi connectivity index (χ0v) is 29.7. The number of nitrogens with one attached hydrogen (secondary N) is 2. The number of amides is 2. The highest BCUT2D eigenvalue weighted by atomic mass is 79.9. The number of anilines is 1. The van der Waals surface area contributed by atoms with Gasteiger partial charge in [0.1, 0.15) is 40.3 Å². The van der Waals surface area contributed by atoms with Crippen LogP contribution in [0.2, 0.25) is 0 Å². The van der Waals surface area contributed by atoms with Gasteiger partial charge < -0.3 is 15.5 Å². The average Bonchev–Trinajstić information content (AvgIpc) is 3.48. The van der Waals surface area contributed by atoms with Crippen molar-refractivity contribution in [1.82, 2.24) is 34.9 Å². The second kappa shape index (κ2) is 13.1. The minimum atomic E-state index is -0.764. The SMILES string of the molecule is CC(=O)c1nn(CC(=O)N2C3C[C@]3(CNCc3ccccc3F)C[C@H]2C(=O)Nc2nc(Br)ccc2C)c2c(C)cc(-c3cnc(C)nc3)cc12. The van der Waals surface area contributed by atoms with E-state index in [-0.39, 0.29) is 47.1 Å². The molecule has 11 nitrogen and oxygen atoms in total. The van der Waals surface area contributed by atoms with Gasteiger partial charge in [0, 0.05) is 60.4 Å². The summed E-state index contributed by atoms with van der Waals surface area (Å²) in [5.41, 5.74) is 4.39. The number of carbonyl (C=O) groups is 3. The molecule has 1 aliphatic heterocycles. The number of carbonyl (C=O) groups excluding carboxylic acids is 3. The van der Waals surface area contributed by atoms with Gasteiger partial charge in [-0.3, -0.25) is 19.1 Å². The number of aromatic nitrogens is 5. The van der Waals surface area contributed by atoms with Gasteiger partial charge in [-0.05, 0) is 90.5 Å². The largest absolute Gasteiger partial charge is 0.325 e. The summed E-state index contributed by atoms with van der Waals surface area (Å²) in [6.07, 6.45) is 4.62. The summed E-state index contributed by atoms with van der Waals surface area (Å²) < 4.78 is 16.5. The summed E-state index contributed by atoms with van der Waals surface area (Å²) in [4.78, 5) is 55.9. The fraction of sp³-hybridized carbons (Fsp3) is 0.324. The van der Waals surface area contributed by atoms with Crippen molar-refractivity contribution >= 4 is 50.2 Å². The van der Waals surface area contributed by atoms with Gasteiger partial charge in [-0.1, -0.05) is 24.3 Å². The van der Waals surface area contributed by atoms with Gasteiger partial charge in [-0.15, -0.1) is 0 Å². The standard InChI is InChI=1S/C37H36BrFN8O3/c1-20-9-10-31(38)43-35(20)44-36(50)29-13-37(19-40-15-24-7-5-6-8-28(24)39)14-30(37)47(29)32(49)18-46-34-21(2)11-25(26-16-41-23(4)42-17-26)12-27(34)33(45-46)22(3)48/h5-12,16-17,29-30,40H,13-15,18-19H2,1-4H3,(H,43,44,50)/t29-,30?,37-/m0/s1. The van der Waals surface area contributed by atoms with E-state index in [4.69, 9.17) is 0 Å². The molecule has 4 heterocycles. The molecule has 5 aromatic rings. The monoisotopic (exact) mass is 738 g/mol. The number of rotatable bonds is 10. The highest BCUT2D eigenvalue weighted by Gasteiger charge is 2.66. The Labute approximate surface area is 296 Å². The summed E-state index contributed by atoms with van der Waals surface area (Å²) in [5.74, 6) is -0.0527. The van der Waals surface area contributed by atoms with Crippen molar-refractivity contribution in [2.45, 2.75) is 65.7 Å². The Balaban J connectivity index is 1.18. The molecule has 1 aliphatic carbocycles. The van der Waals surface area contributed by atoms with Crippen LogP contribution in [0.1, 0.15) is 52.8 Å². The fourth-order valence-electron chi connectivity index (χ4n) is 7.21. The van der Waals surface area contributed by atoms with Crippen molar-refractivity contribution in [3.63, 3.8) is 0 Å². The van der Waals surface area contributed by atoms with E-state index in [2.05, 4.69) is 46.6 Å². The number of aryl methyl sites for hydroxylation is 3. The van der Waals surface area contributed by atoms with Crippen LogP contribution in [-0.2, 0) is 22.7 Å². The predicted octanol–water partition coefficient (Wildman–Crippen LogP) is 5.71. The highest BCUT2D eigenvalue weighted by Crippen LogP contribution is 2.59. The molecule has 7 rings (SSSR count). The van der Waals surface area contributed by atoms with Crippen molar-refractivity contribution < 1.29 is 18.8 Å². The Morgan fingerprint density at radius 3 is 2.50 bits per heavy atom. The zero-order valence-electron chi connectivity index (χ0n) is 28.1. The Kier molecular flexibility index (Phi) is 8.81. The van der Waals surface area contributed by atoms with E-state index in [0.29, 0.717) is 58.6 Å². The van der Waals surface area contributed by atoms with E-state index in [9.17, 15) is 18.8 Å². The fourth-order valence-corrected chi connectivity index (χ4v) is 7.52. The molecule has 256 valence electrons. The number of hydrogen-bond acceptors (Lipinski definition) is 8. The lowest BCUT2D eigenvalue weighted by molar-refractivity contribution is -0.138. The first-order valence-corrected chi connectivity index (χ1v) is 17.2. The lowest BCUT2D eigenvalue weighted by Crippen LogP contribution is -2.47. The van der Waals surface area contributed by atoms with Crippen molar-refractivity contribution in [2.24, 2.45) is 5.41 Å². The summed E-state index contributed by atoms with van der Waals surface area (Å²) in [6, 6.07) is 13.2. The normalized spacial score (nSPS) is 19.4. The second-order valence-corrected chi connectivity index (χ2v) is 14.2. The van der Waals surface area contributed by atoms with Gasteiger partial charge in [0.2, 0.25) is 11.8 Å². The van der Waals surface area contributed by atoms with Crippen LogP contribution >= 0.6 is 15.9 Å². The molecule has 0 radical (unpaired) electrons. The van der Waals surface area contributed by atoms with Crippen LogP contribution in [0.15, 0.2) is 65.5 Å². The van der Waals surface area contributed by atoms with Crippen LogP contribution in [0, 0.1) is 32.0 Å². The summed E-state index contributed by atoms with van der Waals surface area (Å²) >= 11 is 3.38.